The van der Waals surface area contributed by atoms with Gasteiger partial charge in [0.25, 0.3) is 0 Å². The molecule has 0 heterocycles. The van der Waals surface area contributed by atoms with Crippen LogP contribution in [0.2, 0.25) is 0 Å². The molecule has 5 heteroatoms. The molecule has 0 aromatic heterocycles. The molecule has 104 valence electrons. The summed E-state index contributed by atoms with van der Waals surface area (Å²) in [4.78, 5) is 11.1. The number of carboxylic acid groups (broad SMARTS) is 1. The lowest BCUT2D eigenvalue weighted by molar-refractivity contribution is 0.0698. The fourth-order valence-electron chi connectivity index (χ4n) is 1.86. The number of nitrogens with one attached hydrogen (secondary N) is 1. The summed E-state index contributed by atoms with van der Waals surface area (Å²) in [6, 6.07) is 7.97. The molecule has 20 heavy (non-hydrogen) atoms. The Morgan fingerprint density at radius 3 is 2.65 bits per heavy atom. The average molecular weight is 277 g/mol. The van der Waals surface area contributed by atoms with Gasteiger partial charge in [-0.05, 0) is 42.8 Å². The lowest BCUT2D eigenvalue weighted by atomic mass is 10.1. The van der Waals surface area contributed by atoms with Crippen molar-refractivity contribution in [1.29, 1.82) is 0 Å². The Morgan fingerprint density at radius 1 is 1.20 bits per heavy atom. The van der Waals surface area contributed by atoms with E-state index in [0.29, 0.717) is 5.69 Å². The number of aromatic carboxylic acids is 1. The Bertz CT molecular complexity index is 656. The molecule has 2 rings (SSSR count). The second-order valence-electron chi connectivity index (χ2n) is 4.44. The molecule has 0 amide bonds. The first-order valence-corrected chi connectivity index (χ1v) is 5.99. The SMILES string of the molecule is Cc1ccc(C(=O)O)c(NCc2cc(F)ccc2F)c1. The maximum absolute atomic E-state index is 13.5. The summed E-state index contributed by atoms with van der Waals surface area (Å²) in [6.07, 6.45) is 0. The number of aryl methyl sites for hydroxylation is 1. The number of benzene rings is 2. The zero-order valence-electron chi connectivity index (χ0n) is 10.8. The number of halogens is 2. The Hall–Kier alpha value is -2.43. The molecule has 0 aliphatic rings. The molecule has 0 atom stereocenters. The lowest BCUT2D eigenvalue weighted by Gasteiger charge is -2.11. The fourth-order valence-corrected chi connectivity index (χ4v) is 1.86. The van der Waals surface area contributed by atoms with Crippen LogP contribution in [0, 0.1) is 18.6 Å². The van der Waals surface area contributed by atoms with E-state index in [1.54, 1.807) is 12.1 Å². The number of carboxylic acids is 1. The minimum Gasteiger partial charge on any atom is -0.478 e. The van der Waals surface area contributed by atoms with Crippen LogP contribution in [-0.4, -0.2) is 11.1 Å². The number of anilines is 1. The van der Waals surface area contributed by atoms with Gasteiger partial charge in [-0.2, -0.15) is 0 Å². The molecule has 0 aliphatic carbocycles. The molecule has 0 saturated carbocycles. The van der Waals surface area contributed by atoms with E-state index < -0.39 is 17.6 Å². The highest BCUT2D eigenvalue weighted by Gasteiger charge is 2.11. The maximum atomic E-state index is 13.5. The maximum Gasteiger partial charge on any atom is 0.337 e. The second-order valence-corrected chi connectivity index (χ2v) is 4.44. The highest BCUT2D eigenvalue weighted by Crippen LogP contribution is 2.19. The number of hydrogen-bond donors (Lipinski definition) is 2. The van der Waals surface area contributed by atoms with Gasteiger partial charge in [-0.1, -0.05) is 6.07 Å². The molecule has 2 aromatic rings. The van der Waals surface area contributed by atoms with Gasteiger partial charge in [0.05, 0.1) is 5.56 Å². The molecule has 0 aliphatic heterocycles. The van der Waals surface area contributed by atoms with Crippen LogP contribution >= 0.6 is 0 Å². The molecule has 0 unspecified atom stereocenters. The van der Waals surface area contributed by atoms with Crippen LogP contribution in [0.15, 0.2) is 36.4 Å². The van der Waals surface area contributed by atoms with Crippen molar-refractivity contribution in [2.75, 3.05) is 5.32 Å². The molecule has 3 nitrogen and oxygen atoms in total. The number of rotatable bonds is 4. The van der Waals surface area contributed by atoms with Gasteiger partial charge in [0.15, 0.2) is 0 Å². The van der Waals surface area contributed by atoms with Crippen molar-refractivity contribution >= 4 is 11.7 Å². The zero-order valence-corrected chi connectivity index (χ0v) is 10.8. The zero-order chi connectivity index (χ0) is 14.7. The third kappa shape index (κ3) is 3.12. The van der Waals surface area contributed by atoms with E-state index in [9.17, 15) is 13.6 Å². The summed E-state index contributed by atoms with van der Waals surface area (Å²) >= 11 is 0. The predicted molar refractivity (Wildman–Crippen MR) is 71.8 cm³/mol. The van der Waals surface area contributed by atoms with Gasteiger partial charge in [-0.25, -0.2) is 13.6 Å². The van der Waals surface area contributed by atoms with Crippen molar-refractivity contribution in [2.24, 2.45) is 0 Å². The van der Waals surface area contributed by atoms with Crippen molar-refractivity contribution in [3.63, 3.8) is 0 Å². The van der Waals surface area contributed by atoms with Gasteiger partial charge >= 0.3 is 5.97 Å². The molecule has 0 spiro atoms. The highest BCUT2D eigenvalue weighted by atomic mass is 19.1. The molecule has 2 N–H and O–H groups in total. The van der Waals surface area contributed by atoms with Crippen LogP contribution in [-0.2, 0) is 6.54 Å². The van der Waals surface area contributed by atoms with Crippen molar-refractivity contribution < 1.29 is 18.7 Å². The minimum absolute atomic E-state index is 0.00727. The third-order valence-electron chi connectivity index (χ3n) is 2.88. The van der Waals surface area contributed by atoms with E-state index in [2.05, 4.69) is 5.32 Å². The fraction of sp³-hybridized carbons (Fsp3) is 0.133. The summed E-state index contributed by atoms with van der Waals surface area (Å²) in [6.45, 7) is 1.83. The lowest BCUT2D eigenvalue weighted by Crippen LogP contribution is -2.08. The Labute approximate surface area is 114 Å². The van der Waals surface area contributed by atoms with E-state index in [0.717, 1.165) is 23.8 Å². The molecule has 0 radical (unpaired) electrons. The van der Waals surface area contributed by atoms with E-state index >= 15 is 0 Å². The molecule has 0 fully saturated rings. The predicted octanol–water partition coefficient (Wildman–Crippen LogP) is 3.58. The van der Waals surface area contributed by atoms with Crippen LogP contribution < -0.4 is 5.32 Å². The van der Waals surface area contributed by atoms with Crippen molar-refractivity contribution in [3.8, 4) is 0 Å². The monoisotopic (exact) mass is 277 g/mol. The molecule has 2 aromatic carbocycles. The standard InChI is InChI=1S/C15H13F2NO2/c1-9-2-4-12(15(19)20)14(6-9)18-8-10-7-11(16)3-5-13(10)17/h2-7,18H,8H2,1H3,(H,19,20). The van der Waals surface area contributed by atoms with E-state index in [4.69, 9.17) is 5.11 Å². The number of carbonyl (C=O) groups is 1. The first kappa shape index (κ1) is 14.0. The van der Waals surface area contributed by atoms with Gasteiger partial charge in [-0.15, -0.1) is 0 Å². The van der Waals surface area contributed by atoms with Gasteiger partial charge < -0.3 is 10.4 Å². The van der Waals surface area contributed by atoms with Crippen LogP contribution in [0.3, 0.4) is 0 Å². The Morgan fingerprint density at radius 2 is 1.95 bits per heavy atom. The van der Waals surface area contributed by atoms with Crippen LogP contribution in [0.1, 0.15) is 21.5 Å². The summed E-state index contributed by atoms with van der Waals surface area (Å²) in [5.41, 5.74) is 1.48. The van der Waals surface area contributed by atoms with Crippen molar-refractivity contribution in [1.82, 2.24) is 0 Å². The summed E-state index contributed by atoms with van der Waals surface area (Å²) in [5, 5.41) is 11.9. The summed E-state index contributed by atoms with van der Waals surface area (Å²) in [7, 11) is 0. The van der Waals surface area contributed by atoms with Crippen LogP contribution in [0.25, 0.3) is 0 Å². The van der Waals surface area contributed by atoms with Crippen molar-refractivity contribution in [3.05, 3.63) is 64.7 Å². The molecule has 0 bridgehead atoms. The molecule has 0 saturated heterocycles. The van der Waals surface area contributed by atoms with E-state index in [-0.39, 0.29) is 17.7 Å². The average Bonchev–Trinajstić information content (AvgIpc) is 2.39. The normalized spacial score (nSPS) is 10.3. The van der Waals surface area contributed by atoms with E-state index in [1.807, 2.05) is 6.92 Å². The summed E-state index contributed by atoms with van der Waals surface area (Å²) < 4.78 is 26.5. The first-order chi connectivity index (χ1) is 9.47. The topological polar surface area (TPSA) is 49.3 Å². The molecular weight excluding hydrogens is 264 g/mol. The number of hydrogen-bond acceptors (Lipinski definition) is 2. The van der Waals surface area contributed by atoms with E-state index in [1.165, 1.54) is 6.07 Å². The first-order valence-electron chi connectivity index (χ1n) is 5.99. The van der Waals surface area contributed by atoms with Crippen LogP contribution in [0.5, 0.6) is 0 Å². The van der Waals surface area contributed by atoms with Gasteiger partial charge in [0.2, 0.25) is 0 Å². The Kier molecular flexibility index (Phi) is 3.98. The quantitative estimate of drug-likeness (QED) is 0.898. The smallest absolute Gasteiger partial charge is 0.337 e. The van der Waals surface area contributed by atoms with Gasteiger partial charge in [-0.3, -0.25) is 0 Å². The minimum atomic E-state index is -1.08. The Balaban J connectivity index is 2.24. The molecular formula is C15H13F2NO2. The van der Waals surface area contributed by atoms with Crippen LogP contribution in [0.4, 0.5) is 14.5 Å². The second kappa shape index (κ2) is 5.69. The third-order valence-corrected chi connectivity index (χ3v) is 2.88. The largest absolute Gasteiger partial charge is 0.478 e. The van der Waals surface area contributed by atoms with Gasteiger partial charge in [0.1, 0.15) is 11.6 Å². The summed E-state index contributed by atoms with van der Waals surface area (Å²) in [5.74, 6) is -2.15. The highest BCUT2D eigenvalue weighted by molar-refractivity contribution is 5.94. The van der Waals surface area contributed by atoms with Gasteiger partial charge in [0, 0.05) is 17.8 Å². The van der Waals surface area contributed by atoms with Crippen molar-refractivity contribution in [2.45, 2.75) is 13.5 Å².